The molecule has 18 heavy (non-hydrogen) atoms. The third-order valence-corrected chi connectivity index (χ3v) is 3.08. The van der Waals surface area contributed by atoms with Crippen molar-refractivity contribution in [3.8, 4) is 0 Å². The Kier molecular flexibility index (Phi) is 4.01. The highest BCUT2D eigenvalue weighted by molar-refractivity contribution is 5.85. The minimum atomic E-state index is -1.03. The molecule has 2 heterocycles. The number of carboxylic acids is 1. The van der Waals surface area contributed by atoms with Gasteiger partial charge in [-0.3, -0.25) is 0 Å². The van der Waals surface area contributed by atoms with Crippen LogP contribution in [0, 0.1) is 5.92 Å². The molecule has 5 nitrogen and oxygen atoms in total. The molecule has 2 rings (SSSR count). The molecule has 0 bridgehead atoms. The van der Waals surface area contributed by atoms with Gasteiger partial charge in [-0.15, -0.1) is 0 Å². The van der Waals surface area contributed by atoms with Crippen molar-refractivity contribution in [2.75, 3.05) is 13.2 Å². The molecule has 0 atom stereocenters. The molecule has 0 amide bonds. The first-order chi connectivity index (χ1) is 8.58. The first-order valence-electron chi connectivity index (χ1n) is 6.38. The van der Waals surface area contributed by atoms with E-state index < -0.39 is 5.97 Å². The van der Waals surface area contributed by atoms with Crippen molar-refractivity contribution in [1.29, 1.82) is 0 Å². The van der Waals surface area contributed by atoms with Crippen molar-refractivity contribution < 1.29 is 19.1 Å². The maximum atomic E-state index is 11.1. The molecular formula is C13H19NO4. The number of rotatable bonds is 4. The second-order valence-electron chi connectivity index (χ2n) is 5.12. The molecule has 1 aromatic heterocycles. The maximum Gasteiger partial charge on any atom is 0.373 e. The predicted molar refractivity (Wildman–Crippen MR) is 64.8 cm³/mol. The minimum Gasteiger partial charge on any atom is -0.475 e. The average molecular weight is 253 g/mol. The van der Waals surface area contributed by atoms with Crippen LogP contribution in [0.15, 0.2) is 4.42 Å². The monoisotopic (exact) mass is 253 g/mol. The van der Waals surface area contributed by atoms with Crippen LogP contribution in [0.25, 0.3) is 0 Å². The first kappa shape index (κ1) is 13.1. The van der Waals surface area contributed by atoms with Crippen LogP contribution in [-0.2, 0) is 11.2 Å². The van der Waals surface area contributed by atoms with Gasteiger partial charge in [0.25, 0.3) is 0 Å². The number of carbonyl (C=O) groups is 1. The summed E-state index contributed by atoms with van der Waals surface area (Å²) in [5.41, 5.74) is 0.569. The van der Waals surface area contributed by atoms with Crippen LogP contribution >= 0.6 is 0 Å². The number of aromatic nitrogens is 1. The number of nitrogens with zero attached hydrogens (tertiary/aromatic N) is 1. The lowest BCUT2D eigenvalue weighted by Gasteiger charge is -2.18. The van der Waals surface area contributed by atoms with E-state index in [-0.39, 0.29) is 11.7 Å². The summed E-state index contributed by atoms with van der Waals surface area (Å²) in [5, 5.41) is 9.13. The fraction of sp³-hybridized carbons (Fsp3) is 0.692. The van der Waals surface area contributed by atoms with Gasteiger partial charge in [-0.05, 0) is 25.2 Å². The van der Waals surface area contributed by atoms with Crippen LogP contribution in [0.3, 0.4) is 0 Å². The molecule has 0 saturated carbocycles. The molecule has 0 radical (unpaired) electrons. The predicted octanol–water partition coefficient (Wildman–Crippen LogP) is 2.47. The Balaban J connectivity index is 2.23. The summed E-state index contributed by atoms with van der Waals surface area (Å²) in [7, 11) is 0. The smallest absolute Gasteiger partial charge is 0.373 e. The van der Waals surface area contributed by atoms with Crippen molar-refractivity contribution in [3.63, 3.8) is 0 Å². The third kappa shape index (κ3) is 2.90. The topological polar surface area (TPSA) is 72.6 Å². The van der Waals surface area contributed by atoms with Gasteiger partial charge in [0.15, 0.2) is 5.89 Å². The van der Waals surface area contributed by atoms with E-state index in [4.69, 9.17) is 14.3 Å². The average Bonchev–Trinajstić information content (AvgIpc) is 2.73. The highest BCUT2D eigenvalue weighted by Gasteiger charge is 2.26. The zero-order valence-electron chi connectivity index (χ0n) is 10.8. The van der Waals surface area contributed by atoms with Gasteiger partial charge < -0.3 is 14.3 Å². The third-order valence-electron chi connectivity index (χ3n) is 3.08. The molecule has 1 saturated heterocycles. The summed E-state index contributed by atoms with van der Waals surface area (Å²) in [6.07, 6.45) is 2.33. The Morgan fingerprint density at radius 1 is 1.44 bits per heavy atom. The Morgan fingerprint density at radius 3 is 2.67 bits per heavy atom. The standard InChI is InChI=1S/C13H19NO4/c1-8(2)7-10-11(13(15)16)18-12(14-10)9-3-5-17-6-4-9/h8-9H,3-7H2,1-2H3,(H,15,16). The zero-order valence-corrected chi connectivity index (χ0v) is 10.8. The summed E-state index contributed by atoms with van der Waals surface area (Å²) in [5.74, 6) is 0.0847. The summed E-state index contributed by atoms with van der Waals surface area (Å²) in [6, 6.07) is 0. The molecule has 1 fully saturated rings. The van der Waals surface area contributed by atoms with Gasteiger partial charge in [0.05, 0.1) is 5.69 Å². The van der Waals surface area contributed by atoms with E-state index in [0.29, 0.717) is 37.1 Å². The lowest BCUT2D eigenvalue weighted by Crippen LogP contribution is -2.14. The highest BCUT2D eigenvalue weighted by Crippen LogP contribution is 2.28. The number of hydrogen-bond donors (Lipinski definition) is 1. The molecule has 0 aromatic carbocycles. The summed E-state index contributed by atoms with van der Waals surface area (Å²) < 4.78 is 10.7. The van der Waals surface area contributed by atoms with Gasteiger partial charge in [0, 0.05) is 19.1 Å². The van der Waals surface area contributed by atoms with E-state index in [2.05, 4.69) is 4.98 Å². The summed E-state index contributed by atoms with van der Waals surface area (Å²) >= 11 is 0. The fourth-order valence-electron chi connectivity index (χ4n) is 2.18. The molecule has 0 aliphatic carbocycles. The van der Waals surface area contributed by atoms with E-state index in [0.717, 1.165) is 12.8 Å². The van der Waals surface area contributed by atoms with Crippen LogP contribution in [0.4, 0.5) is 0 Å². The molecule has 1 N–H and O–H groups in total. The molecule has 0 spiro atoms. The molecule has 5 heteroatoms. The Hall–Kier alpha value is -1.36. The van der Waals surface area contributed by atoms with E-state index in [1.165, 1.54) is 0 Å². The Bertz CT molecular complexity index is 419. The lowest BCUT2D eigenvalue weighted by molar-refractivity contribution is 0.0645. The van der Waals surface area contributed by atoms with E-state index in [1.807, 2.05) is 13.8 Å². The van der Waals surface area contributed by atoms with Gasteiger partial charge in [-0.1, -0.05) is 13.8 Å². The molecule has 1 aromatic rings. The second kappa shape index (κ2) is 5.52. The normalized spacial score (nSPS) is 17.3. The van der Waals surface area contributed by atoms with Gasteiger partial charge in [0.2, 0.25) is 5.76 Å². The second-order valence-corrected chi connectivity index (χ2v) is 5.12. The Morgan fingerprint density at radius 2 is 2.11 bits per heavy atom. The van der Waals surface area contributed by atoms with Crippen LogP contribution in [0.2, 0.25) is 0 Å². The SMILES string of the molecule is CC(C)Cc1nc(C2CCOCC2)oc1C(=O)O. The summed E-state index contributed by atoms with van der Waals surface area (Å²) in [4.78, 5) is 15.5. The van der Waals surface area contributed by atoms with Crippen LogP contribution in [-0.4, -0.2) is 29.3 Å². The number of aromatic carboxylic acids is 1. The maximum absolute atomic E-state index is 11.1. The summed E-state index contributed by atoms with van der Waals surface area (Å²) in [6.45, 7) is 5.45. The van der Waals surface area contributed by atoms with E-state index in [9.17, 15) is 4.79 Å². The van der Waals surface area contributed by atoms with Gasteiger partial charge in [-0.2, -0.15) is 0 Å². The molecule has 1 aliphatic heterocycles. The number of carboxylic acid groups (broad SMARTS) is 1. The van der Waals surface area contributed by atoms with Crippen molar-refractivity contribution in [2.45, 2.75) is 39.0 Å². The van der Waals surface area contributed by atoms with Crippen LogP contribution in [0.1, 0.15) is 54.7 Å². The van der Waals surface area contributed by atoms with Gasteiger partial charge in [0.1, 0.15) is 0 Å². The lowest BCUT2D eigenvalue weighted by atomic mass is 10.0. The minimum absolute atomic E-state index is 0.00481. The first-order valence-corrected chi connectivity index (χ1v) is 6.38. The van der Waals surface area contributed by atoms with E-state index >= 15 is 0 Å². The number of oxazole rings is 1. The number of ether oxygens (including phenoxy) is 1. The van der Waals surface area contributed by atoms with E-state index in [1.54, 1.807) is 0 Å². The van der Waals surface area contributed by atoms with Crippen molar-refractivity contribution in [3.05, 3.63) is 17.3 Å². The van der Waals surface area contributed by atoms with Crippen molar-refractivity contribution >= 4 is 5.97 Å². The molecule has 1 aliphatic rings. The zero-order chi connectivity index (χ0) is 13.1. The highest BCUT2D eigenvalue weighted by atomic mass is 16.5. The van der Waals surface area contributed by atoms with Gasteiger partial charge >= 0.3 is 5.97 Å². The molecular weight excluding hydrogens is 234 g/mol. The number of hydrogen-bond acceptors (Lipinski definition) is 4. The Labute approximate surface area is 106 Å². The van der Waals surface area contributed by atoms with Crippen LogP contribution in [0.5, 0.6) is 0 Å². The van der Waals surface area contributed by atoms with Crippen molar-refractivity contribution in [1.82, 2.24) is 4.98 Å². The molecule has 100 valence electrons. The largest absolute Gasteiger partial charge is 0.475 e. The quantitative estimate of drug-likeness (QED) is 0.892. The molecule has 0 unspecified atom stereocenters. The fourth-order valence-corrected chi connectivity index (χ4v) is 2.18. The van der Waals surface area contributed by atoms with Gasteiger partial charge in [-0.25, -0.2) is 9.78 Å². The van der Waals surface area contributed by atoms with Crippen molar-refractivity contribution in [2.24, 2.45) is 5.92 Å². The van der Waals surface area contributed by atoms with Crippen LogP contribution < -0.4 is 0 Å².